The zero-order valence-electron chi connectivity index (χ0n) is 22.5. The fraction of sp³-hybridized carbons (Fsp3) is 0.207. The third kappa shape index (κ3) is 6.37. The highest BCUT2D eigenvalue weighted by Crippen LogP contribution is 2.29. The molecule has 0 spiro atoms. The fourth-order valence-corrected chi connectivity index (χ4v) is 5.42. The van der Waals surface area contributed by atoms with Crippen molar-refractivity contribution >= 4 is 40.4 Å². The Kier molecular flexibility index (Phi) is 8.58. The third-order valence-electron chi connectivity index (χ3n) is 6.46. The van der Waals surface area contributed by atoms with Crippen LogP contribution in [-0.4, -0.2) is 49.4 Å². The number of aliphatic hydroxyl groups is 1. The molecule has 0 amide bonds. The summed E-state index contributed by atoms with van der Waals surface area (Å²) < 4.78 is 3.55. The van der Waals surface area contributed by atoms with Crippen molar-refractivity contribution < 1.29 is 9.90 Å². The highest BCUT2D eigenvalue weighted by Gasteiger charge is 2.22. The number of carbonyl (C=O) groups excluding carboxylic acids is 1. The Bertz CT molecular complexity index is 1730. The van der Waals surface area contributed by atoms with Crippen LogP contribution >= 0.6 is 22.9 Å². The van der Waals surface area contributed by atoms with E-state index in [0.29, 0.717) is 57.7 Å². The number of rotatable bonds is 10. The van der Waals surface area contributed by atoms with E-state index in [1.165, 1.54) is 22.3 Å². The molecule has 5 rings (SSSR count). The Labute approximate surface area is 245 Å². The van der Waals surface area contributed by atoms with Gasteiger partial charge >= 0.3 is 0 Å². The molecule has 1 aromatic carbocycles. The van der Waals surface area contributed by atoms with E-state index in [2.05, 4.69) is 20.4 Å². The average Bonchev–Trinajstić information content (AvgIpc) is 3.61. The lowest BCUT2D eigenvalue weighted by atomic mass is 10.1. The van der Waals surface area contributed by atoms with E-state index in [1.807, 2.05) is 43.3 Å². The second-order valence-electron chi connectivity index (χ2n) is 9.47. The molecule has 210 valence electrons. The van der Waals surface area contributed by atoms with Crippen molar-refractivity contribution in [1.29, 1.82) is 0 Å². The summed E-state index contributed by atoms with van der Waals surface area (Å²) in [6, 6.07) is 15.9. The maximum absolute atomic E-state index is 13.9. The van der Waals surface area contributed by atoms with Gasteiger partial charge in [0.25, 0.3) is 11.5 Å². The molecule has 0 saturated carbocycles. The molecule has 0 radical (unpaired) electrons. The van der Waals surface area contributed by atoms with Gasteiger partial charge in [0.05, 0.1) is 28.7 Å². The van der Waals surface area contributed by atoms with Crippen LogP contribution < -0.4 is 15.8 Å². The van der Waals surface area contributed by atoms with Crippen molar-refractivity contribution in [3.8, 4) is 11.3 Å². The van der Waals surface area contributed by atoms with Crippen molar-refractivity contribution in [3.05, 3.63) is 110 Å². The van der Waals surface area contributed by atoms with Crippen molar-refractivity contribution in [2.24, 2.45) is 0 Å². The first kappa shape index (κ1) is 28.2. The summed E-state index contributed by atoms with van der Waals surface area (Å²) in [5.74, 6) is 0.0223. The lowest BCUT2D eigenvalue weighted by molar-refractivity contribution is 0.0947. The zero-order chi connectivity index (χ0) is 28.9. The lowest BCUT2D eigenvalue weighted by Gasteiger charge is -2.17. The van der Waals surface area contributed by atoms with Crippen LogP contribution in [0.4, 0.5) is 11.5 Å². The first-order valence-corrected chi connectivity index (χ1v) is 14.0. The molecule has 0 saturated heterocycles. The molecule has 12 heteroatoms. The zero-order valence-corrected chi connectivity index (χ0v) is 24.1. The molecular formula is C29H28ClN7O3S. The molecule has 4 heterocycles. The number of aliphatic hydroxyl groups excluding tert-OH is 1. The van der Waals surface area contributed by atoms with E-state index < -0.39 is 5.91 Å². The van der Waals surface area contributed by atoms with Gasteiger partial charge < -0.3 is 19.9 Å². The minimum Gasteiger partial charge on any atom is -0.392 e. The molecule has 0 unspecified atom stereocenters. The van der Waals surface area contributed by atoms with Crippen molar-refractivity contribution in [3.63, 3.8) is 0 Å². The van der Waals surface area contributed by atoms with Gasteiger partial charge in [-0.25, -0.2) is 9.97 Å². The van der Waals surface area contributed by atoms with Gasteiger partial charge in [0.15, 0.2) is 0 Å². The van der Waals surface area contributed by atoms with Crippen LogP contribution in [0.15, 0.2) is 78.1 Å². The van der Waals surface area contributed by atoms with Crippen LogP contribution in [0.1, 0.15) is 26.5 Å². The van der Waals surface area contributed by atoms with Crippen molar-refractivity contribution in [1.82, 2.24) is 24.3 Å². The topological polar surface area (TPSA) is 118 Å². The highest BCUT2D eigenvalue weighted by molar-refractivity contribution is 7.16. The summed E-state index contributed by atoms with van der Waals surface area (Å²) in [5.41, 5.74) is 2.95. The number of thiophene rings is 1. The summed E-state index contributed by atoms with van der Waals surface area (Å²) in [6.45, 7) is 0.625. The molecule has 0 aliphatic rings. The molecule has 0 fully saturated rings. The van der Waals surface area contributed by atoms with E-state index in [0.717, 1.165) is 10.6 Å². The summed E-state index contributed by atoms with van der Waals surface area (Å²) in [7, 11) is 3.71. The second-order valence-corrected chi connectivity index (χ2v) is 11.3. The SMILES string of the molecule is CN(C)c1ccn(CCc2ccncn2)c(=O)c1-c1cc(NCc2ccc(Cl)s2)n(C(=O)c2cccc(CO)c2)n1. The standard InChI is InChI=1S/C29H28ClN7O3S/c1-35(2)24-10-13-36(12-9-21-8-11-31-18-33-21)29(40)27(24)23-15-26(32-16-22-6-7-25(30)41-22)37(34-23)28(39)20-5-3-4-19(14-20)17-38/h3-8,10-11,13-15,18,32,38H,9,12,16-17H2,1-2H3. The first-order chi connectivity index (χ1) is 19.8. The molecule has 0 aliphatic heterocycles. The molecule has 0 aliphatic carbocycles. The molecule has 0 bridgehead atoms. The highest BCUT2D eigenvalue weighted by atomic mass is 35.5. The number of aryl methyl sites for hydroxylation is 2. The number of carbonyl (C=O) groups is 1. The van der Waals surface area contributed by atoms with Gasteiger partial charge in [-0.15, -0.1) is 11.3 Å². The minimum absolute atomic E-state index is 0.194. The van der Waals surface area contributed by atoms with Crippen molar-refractivity contribution in [2.45, 2.75) is 26.1 Å². The third-order valence-corrected chi connectivity index (χ3v) is 7.70. The van der Waals surface area contributed by atoms with E-state index in [9.17, 15) is 14.7 Å². The van der Waals surface area contributed by atoms with E-state index in [4.69, 9.17) is 11.6 Å². The van der Waals surface area contributed by atoms with E-state index in [-0.39, 0.29) is 12.2 Å². The monoisotopic (exact) mass is 589 g/mol. The van der Waals surface area contributed by atoms with Crippen LogP contribution in [0, 0.1) is 0 Å². The summed E-state index contributed by atoms with van der Waals surface area (Å²) in [5, 5.41) is 17.5. The van der Waals surface area contributed by atoms with Crippen LogP contribution in [0.2, 0.25) is 4.34 Å². The normalized spacial score (nSPS) is 11.0. The number of halogens is 1. The molecule has 5 aromatic rings. The van der Waals surface area contributed by atoms with E-state index in [1.54, 1.807) is 47.3 Å². The minimum atomic E-state index is -0.398. The molecule has 41 heavy (non-hydrogen) atoms. The first-order valence-electron chi connectivity index (χ1n) is 12.8. The Morgan fingerprint density at radius 3 is 2.71 bits per heavy atom. The maximum Gasteiger partial charge on any atom is 0.280 e. The number of nitrogens with one attached hydrogen (secondary N) is 1. The van der Waals surface area contributed by atoms with Crippen LogP contribution in [0.5, 0.6) is 0 Å². The van der Waals surface area contributed by atoms with E-state index >= 15 is 0 Å². The largest absolute Gasteiger partial charge is 0.392 e. The molecule has 2 N–H and O–H groups in total. The lowest BCUT2D eigenvalue weighted by Crippen LogP contribution is -2.26. The number of hydrogen-bond acceptors (Lipinski definition) is 9. The molecule has 4 aromatic heterocycles. The van der Waals surface area contributed by atoms with Gasteiger partial charge in [-0.1, -0.05) is 23.7 Å². The Morgan fingerprint density at radius 1 is 1.15 bits per heavy atom. The van der Waals surface area contributed by atoms with Gasteiger partial charge in [0.2, 0.25) is 0 Å². The number of benzene rings is 1. The summed E-state index contributed by atoms with van der Waals surface area (Å²) in [4.78, 5) is 38.5. The average molecular weight is 590 g/mol. The van der Waals surface area contributed by atoms with Crippen LogP contribution in [0.3, 0.4) is 0 Å². The van der Waals surface area contributed by atoms with Crippen LogP contribution in [-0.2, 0) is 26.1 Å². The summed E-state index contributed by atoms with van der Waals surface area (Å²) in [6.07, 6.45) is 5.46. The van der Waals surface area contributed by atoms with Gasteiger partial charge in [-0.2, -0.15) is 9.78 Å². The smallest absolute Gasteiger partial charge is 0.280 e. The Morgan fingerprint density at radius 2 is 2.00 bits per heavy atom. The van der Waals surface area contributed by atoms with Crippen molar-refractivity contribution in [2.75, 3.05) is 24.3 Å². The Hall–Kier alpha value is -4.32. The van der Waals surface area contributed by atoms with Gasteiger partial charge in [0, 0.05) is 61.7 Å². The predicted molar refractivity (Wildman–Crippen MR) is 161 cm³/mol. The van der Waals surface area contributed by atoms with Gasteiger partial charge in [-0.3, -0.25) is 9.59 Å². The van der Waals surface area contributed by atoms with Gasteiger partial charge in [0.1, 0.15) is 17.8 Å². The fourth-order valence-electron chi connectivity index (χ4n) is 4.39. The Balaban J connectivity index is 1.57. The number of pyridine rings is 1. The van der Waals surface area contributed by atoms with Crippen LogP contribution in [0.25, 0.3) is 11.3 Å². The number of aromatic nitrogens is 5. The predicted octanol–water partition coefficient (Wildman–Crippen LogP) is 4.32. The number of hydrogen-bond donors (Lipinski definition) is 2. The molecule has 0 atom stereocenters. The quantitative estimate of drug-likeness (QED) is 0.247. The number of nitrogens with zero attached hydrogens (tertiary/aromatic N) is 6. The maximum atomic E-state index is 13.9. The second kappa shape index (κ2) is 12.5. The molecule has 10 nitrogen and oxygen atoms in total. The number of anilines is 2. The summed E-state index contributed by atoms with van der Waals surface area (Å²) >= 11 is 7.54. The molecular weight excluding hydrogens is 562 g/mol. The van der Waals surface area contributed by atoms with Gasteiger partial charge in [-0.05, 0) is 42.0 Å².